The summed E-state index contributed by atoms with van der Waals surface area (Å²) in [6.45, 7) is 7.60. The number of fused-ring (bicyclic) bond motifs is 2. The van der Waals surface area contributed by atoms with Crippen molar-refractivity contribution in [1.82, 2.24) is 9.88 Å². The summed E-state index contributed by atoms with van der Waals surface area (Å²) in [6.07, 6.45) is 1.89. The Hall–Kier alpha value is -2.66. The first-order valence-corrected chi connectivity index (χ1v) is 11.0. The summed E-state index contributed by atoms with van der Waals surface area (Å²) in [5, 5.41) is 2.24. The molecule has 0 atom stereocenters. The minimum Gasteiger partial charge on any atom is -0.450 e. The average molecular weight is 405 g/mol. The molecule has 0 aliphatic carbocycles. The number of benzene rings is 2. The molecule has 0 spiro atoms. The largest absolute Gasteiger partial charge is 0.450 e. The molecule has 1 aliphatic heterocycles. The van der Waals surface area contributed by atoms with E-state index in [-0.39, 0.29) is 5.91 Å². The van der Waals surface area contributed by atoms with E-state index in [2.05, 4.69) is 44.2 Å². The quantitative estimate of drug-likeness (QED) is 0.412. The molecule has 5 rings (SSSR count). The maximum atomic E-state index is 13.2. The summed E-state index contributed by atoms with van der Waals surface area (Å²) in [5.74, 6) is 0.934. The Balaban J connectivity index is 1.35. The van der Waals surface area contributed by atoms with Crippen LogP contribution in [0.25, 0.3) is 21.2 Å². The molecule has 2 aromatic carbocycles. The predicted molar refractivity (Wildman–Crippen MR) is 118 cm³/mol. The normalized spacial score (nSPS) is 15.5. The van der Waals surface area contributed by atoms with Crippen LogP contribution < -0.4 is 0 Å². The van der Waals surface area contributed by atoms with Gasteiger partial charge in [0.05, 0.1) is 15.2 Å². The van der Waals surface area contributed by atoms with Crippen LogP contribution in [0.2, 0.25) is 0 Å². The Morgan fingerprint density at radius 1 is 1.07 bits per heavy atom. The second-order valence-corrected chi connectivity index (χ2v) is 9.09. The van der Waals surface area contributed by atoms with Gasteiger partial charge in [-0.2, -0.15) is 0 Å². The van der Waals surface area contributed by atoms with Crippen LogP contribution in [-0.4, -0.2) is 28.9 Å². The number of carbonyl (C=O) groups excluding carboxylic acids is 1. The fraction of sp³-hybridized carbons (Fsp3) is 0.333. The van der Waals surface area contributed by atoms with Crippen molar-refractivity contribution >= 4 is 38.4 Å². The number of rotatable bonds is 2. The van der Waals surface area contributed by atoms with E-state index in [0.29, 0.717) is 11.7 Å². The number of hydrogen-bond donors (Lipinski definition) is 0. The molecule has 1 saturated heterocycles. The molecule has 29 heavy (non-hydrogen) atoms. The molecule has 4 nitrogen and oxygen atoms in total. The van der Waals surface area contributed by atoms with E-state index in [9.17, 15) is 4.79 Å². The second kappa shape index (κ2) is 6.99. The monoisotopic (exact) mass is 404 g/mol. The summed E-state index contributed by atoms with van der Waals surface area (Å²) < 4.78 is 7.32. The van der Waals surface area contributed by atoms with Gasteiger partial charge in [-0.05, 0) is 56.9 Å². The number of carbonyl (C=O) groups is 1. The Kier molecular flexibility index (Phi) is 4.43. The van der Waals surface area contributed by atoms with Crippen molar-refractivity contribution in [3.63, 3.8) is 0 Å². The van der Waals surface area contributed by atoms with Gasteiger partial charge in [-0.25, -0.2) is 4.98 Å². The van der Waals surface area contributed by atoms with Crippen molar-refractivity contribution in [2.24, 2.45) is 0 Å². The summed E-state index contributed by atoms with van der Waals surface area (Å²) in [6, 6.07) is 12.5. The van der Waals surface area contributed by atoms with Crippen LogP contribution in [0.3, 0.4) is 0 Å². The number of aromatic nitrogens is 1. The minimum absolute atomic E-state index is 0.0125. The lowest BCUT2D eigenvalue weighted by Gasteiger charge is -2.30. The number of hydrogen-bond acceptors (Lipinski definition) is 4. The lowest BCUT2D eigenvalue weighted by atomic mass is 9.97. The van der Waals surface area contributed by atoms with Crippen molar-refractivity contribution < 1.29 is 9.21 Å². The molecule has 0 N–H and O–H groups in total. The van der Waals surface area contributed by atoms with E-state index in [1.54, 1.807) is 11.3 Å². The van der Waals surface area contributed by atoms with Crippen LogP contribution in [-0.2, 0) is 0 Å². The van der Waals surface area contributed by atoms with E-state index >= 15 is 0 Å². The van der Waals surface area contributed by atoms with E-state index < -0.39 is 0 Å². The van der Waals surface area contributed by atoms with Crippen molar-refractivity contribution in [2.75, 3.05) is 13.1 Å². The van der Waals surface area contributed by atoms with Crippen LogP contribution >= 0.6 is 11.3 Å². The zero-order chi connectivity index (χ0) is 20.1. The van der Waals surface area contributed by atoms with Gasteiger partial charge >= 0.3 is 0 Å². The highest BCUT2D eigenvalue weighted by atomic mass is 32.1. The first kappa shape index (κ1) is 18.4. The molecular weight excluding hydrogens is 380 g/mol. The van der Waals surface area contributed by atoms with Crippen LogP contribution in [0.4, 0.5) is 0 Å². The zero-order valence-corrected chi connectivity index (χ0v) is 17.8. The van der Waals surface area contributed by atoms with Crippen molar-refractivity contribution in [3.8, 4) is 0 Å². The minimum atomic E-state index is 0.0125. The number of likely N-dealkylation sites (tertiary alicyclic amines) is 1. The molecule has 2 aromatic heterocycles. The lowest BCUT2D eigenvalue weighted by molar-refractivity contribution is 0.0682. The fourth-order valence-corrected chi connectivity index (χ4v) is 5.40. The van der Waals surface area contributed by atoms with Gasteiger partial charge in [0.15, 0.2) is 5.76 Å². The number of amides is 1. The molecule has 4 aromatic rings. The molecule has 3 heterocycles. The van der Waals surface area contributed by atoms with Crippen molar-refractivity contribution in [1.29, 1.82) is 0 Å². The number of furan rings is 1. The van der Waals surface area contributed by atoms with Crippen LogP contribution in [0.15, 0.2) is 40.8 Å². The third-order valence-electron chi connectivity index (χ3n) is 6.26. The smallest absolute Gasteiger partial charge is 0.289 e. The zero-order valence-electron chi connectivity index (χ0n) is 17.0. The Morgan fingerprint density at radius 3 is 2.59 bits per heavy atom. The molecule has 0 radical (unpaired) electrons. The molecule has 1 amide bonds. The maximum absolute atomic E-state index is 13.2. The number of piperidine rings is 1. The fourth-order valence-electron chi connectivity index (χ4n) is 4.26. The topological polar surface area (TPSA) is 46.3 Å². The predicted octanol–water partition coefficient (Wildman–Crippen LogP) is 5.99. The van der Waals surface area contributed by atoms with E-state index in [1.807, 2.05) is 17.9 Å². The molecule has 1 aliphatic rings. The SMILES string of the molecule is Cc1ccc2c(C)c(C(=O)N3CCC(c4nc5ccccc5s4)CC3)oc2c1C. The van der Waals surface area contributed by atoms with Crippen LogP contribution in [0, 0.1) is 20.8 Å². The first-order chi connectivity index (χ1) is 14.0. The highest BCUT2D eigenvalue weighted by Crippen LogP contribution is 2.35. The molecular formula is C24H24N2O2S. The van der Waals surface area contributed by atoms with Crippen LogP contribution in [0.1, 0.15) is 51.0 Å². The first-order valence-electron chi connectivity index (χ1n) is 10.2. The third-order valence-corrected chi connectivity index (χ3v) is 7.46. The molecule has 0 saturated carbocycles. The Morgan fingerprint density at radius 2 is 1.83 bits per heavy atom. The Labute approximate surface area is 174 Å². The van der Waals surface area contributed by atoms with Gasteiger partial charge in [-0.3, -0.25) is 4.79 Å². The highest BCUT2D eigenvalue weighted by Gasteiger charge is 2.29. The Bertz CT molecular complexity index is 1200. The molecule has 148 valence electrons. The highest BCUT2D eigenvalue weighted by molar-refractivity contribution is 7.18. The van der Waals surface area contributed by atoms with E-state index in [4.69, 9.17) is 9.40 Å². The van der Waals surface area contributed by atoms with E-state index in [1.165, 1.54) is 15.3 Å². The third kappa shape index (κ3) is 3.04. The maximum Gasteiger partial charge on any atom is 0.289 e. The summed E-state index contributed by atoms with van der Waals surface area (Å²) in [4.78, 5) is 20.0. The average Bonchev–Trinajstić information content (AvgIpc) is 3.32. The van der Waals surface area contributed by atoms with Gasteiger partial charge in [-0.15, -0.1) is 11.3 Å². The lowest BCUT2D eigenvalue weighted by Crippen LogP contribution is -2.38. The van der Waals surface area contributed by atoms with Gasteiger partial charge in [0, 0.05) is 30.0 Å². The molecule has 0 unspecified atom stereocenters. The number of para-hydroxylation sites is 1. The molecule has 0 bridgehead atoms. The standard InChI is InChI=1S/C24H24N2O2S/c1-14-8-9-18-16(3)22(28-21(18)15(14)2)24(27)26-12-10-17(11-13-26)23-25-19-6-4-5-7-20(19)29-23/h4-9,17H,10-13H2,1-3H3. The summed E-state index contributed by atoms with van der Waals surface area (Å²) >= 11 is 1.79. The van der Waals surface area contributed by atoms with Gasteiger partial charge in [0.2, 0.25) is 0 Å². The summed E-state index contributed by atoms with van der Waals surface area (Å²) in [5.41, 5.74) is 5.16. The van der Waals surface area contributed by atoms with Gasteiger partial charge in [0.25, 0.3) is 5.91 Å². The number of thiazole rings is 1. The van der Waals surface area contributed by atoms with E-state index in [0.717, 1.165) is 53.5 Å². The van der Waals surface area contributed by atoms with Gasteiger partial charge in [-0.1, -0.05) is 24.3 Å². The number of aryl methyl sites for hydroxylation is 3. The van der Waals surface area contributed by atoms with Crippen molar-refractivity contribution in [2.45, 2.75) is 39.5 Å². The van der Waals surface area contributed by atoms with Gasteiger partial charge in [0.1, 0.15) is 5.58 Å². The van der Waals surface area contributed by atoms with Crippen LogP contribution in [0.5, 0.6) is 0 Å². The molecule has 5 heteroatoms. The van der Waals surface area contributed by atoms with Gasteiger partial charge < -0.3 is 9.32 Å². The number of nitrogens with zero attached hydrogens (tertiary/aromatic N) is 2. The molecule has 1 fully saturated rings. The van der Waals surface area contributed by atoms with Crippen molar-refractivity contribution in [3.05, 3.63) is 63.9 Å². The second-order valence-electron chi connectivity index (χ2n) is 8.03. The summed E-state index contributed by atoms with van der Waals surface area (Å²) in [7, 11) is 0.